The van der Waals surface area contributed by atoms with Gasteiger partial charge in [0.25, 0.3) is 0 Å². The predicted molar refractivity (Wildman–Crippen MR) is 83.2 cm³/mol. The first-order valence-corrected chi connectivity index (χ1v) is 8.40. The molecule has 1 aliphatic carbocycles. The Kier molecular flexibility index (Phi) is 3.10. The van der Waals surface area contributed by atoms with Crippen molar-refractivity contribution >= 4 is 37.0 Å². The van der Waals surface area contributed by atoms with E-state index in [1.807, 2.05) is 12.2 Å². The topological polar surface area (TPSA) is 52.0 Å². The molecule has 2 aromatic rings. The van der Waals surface area contributed by atoms with Gasteiger partial charge in [-0.1, -0.05) is 34.2 Å². The Bertz CT molecular complexity index is 836. The smallest absolute Gasteiger partial charge is 0.249 e. The maximum absolute atomic E-state index is 13.0. The number of nitrogens with zero attached hydrogens (tertiary/aromatic N) is 2. The molecule has 0 fully saturated rings. The van der Waals surface area contributed by atoms with Gasteiger partial charge in [-0.3, -0.25) is 4.98 Å². The SMILES string of the molecule is CC1(S(=O)(=O)n2ccc3ncccc32)CC=CC=C1Br. The van der Waals surface area contributed by atoms with Crippen LogP contribution in [0, 0.1) is 0 Å². The van der Waals surface area contributed by atoms with E-state index in [1.54, 1.807) is 43.6 Å². The van der Waals surface area contributed by atoms with Crippen molar-refractivity contribution < 1.29 is 8.42 Å². The lowest BCUT2D eigenvalue weighted by molar-refractivity contribution is 0.553. The number of rotatable bonds is 2. The van der Waals surface area contributed by atoms with Crippen molar-refractivity contribution in [3.05, 3.63) is 53.3 Å². The maximum atomic E-state index is 13.0. The average molecular weight is 353 g/mol. The van der Waals surface area contributed by atoms with Gasteiger partial charge in [0.1, 0.15) is 4.75 Å². The summed E-state index contributed by atoms with van der Waals surface area (Å²) in [5.74, 6) is 0. The van der Waals surface area contributed by atoms with Crippen LogP contribution >= 0.6 is 15.9 Å². The fourth-order valence-corrected chi connectivity index (χ4v) is 4.93. The molecule has 0 saturated heterocycles. The van der Waals surface area contributed by atoms with Crippen molar-refractivity contribution in [3.63, 3.8) is 0 Å². The molecule has 2 aromatic heterocycles. The van der Waals surface area contributed by atoms with Crippen LogP contribution in [0.15, 0.2) is 53.3 Å². The van der Waals surface area contributed by atoms with Crippen molar-refractivity contribution in [2.75, 3.05) is 0 Å². The first kappa shape index (κ1) is 13.6. The molecular weight excluding hydrogens is 340 g/mol. The molecule has 104 valence electrons. The van der Waals surface area contributed by atoms with Gasteiger partial charge in [-0.05, 0) is 31.5 Å². The molecule has 0 radical (unpaired) electrons. The van der Waals surface area contributed by atoms with Gasteiger partial charge < -0.3 is 0 Å². The summed E-state index contributed by atoms with van der Waals surface area (Å²) in [4.78, 5) is 4.18. The molecule has 0 N–H and O–H groups in total. The molecule has 1 unspecified atom stereocenters. The molecule has 0 saturated carbocycles. The van der Waals surface area contributed by atoms with E-state index in [4.69, 9.17) is 0 Å². The van der Waals surface area contributed by atoms with Crippen molar-refractivity contribution in [1.82, 2.24) is 8.96 Å². The zero-order valence-electron chi connectivity index (χ0n) is 10.8. The summed E-state index contributed by atoms with van der Waals surface area (Å²) in [5.41, 5.74) is 1.27. The minimum Gasteiger partial charge on any atom is -0.255 e. The van der Waals surface area contributed by atoms with E-state index >= 15 is 0 Å². The van der Waals surface area contributed by atoms with Gasteiger partial charge in [-0.25, -0.2) is 12.4 Å². The fraction of sp³-hybridized carbons (Fsp3) is 0.214. The first-order chi connectivity index (χ1) is 9.47. The van der Waals surface area contributed by atoms with Gasteiger partial charge in [-0.2, -0.15) is 0 Å². The summed E-state index contributed by atoms with van der Waals surface area (Å²) < 4.78 is 27.0. The van der Waals surface area contributed by atoms with E-state index in [1.165, 1.54) is 3.97 Å². The molecule has 1 atom stereocenters. The number of allylic oxidation sites excluding steroid dienone is 3. The third-order valence-electron chi connectivity index (χ3n) is 3.64. The zero-order valence-corrected chi connectivity index (χ0v) is 13.2. The molecule has 1 aliphatic rings. The Hall–Kier alpha value is -1.40. The fourth-order valence-electron chi connectivity index (χ4n) is 2.32. The normalized spacial score (nSPS) is 23.0. The van der Waals surface area contributed by atoms with Crippen LogP contribution in [0.1, 0.15) is 13.3 Å². The van der Waals surface area contributed by atoms with E-state index in [-0.39, 0.29) is 0 Å². The molecule has 0 spiro atoms. The first-order valence-electron chi connectivity index (χ1n) is 6.17. The second-order valence-electron chi connectivity index (χ2n) is 4.90. The minimum absolute atomic E-state index is 0.437. The monoisotopic (exact) mass is 352 g/mol. The van der Waals surface area contributed by atoms with Crippen LogP contribution in [0.3, 0.4) is 0 Å². The Morgan fingerprint density at radius 1 is 1.40 bits per heavy atom. The lowest BCUT2D eigenvalue weighted by atomic mass is 10.0. The lowest BCUT2D eigenvalue weighted by Crippen LogP contribution is -2.40. The Labute approximate surface area is 126 Å². The molecule has 0 bridgehead atoms. The molecule has 0 aliphatic heterocycles. The van der Waals surface area contributed by atoms with Crippen molar-refractivity contribution in [1.29, 1.82) is 0 Å². The molecule has 0 amide bonds. The summed E-state index contributed by atoms with van der Waals surface area (Å²) >= 11 is 3.40. The number of halogens is 1. The van der Waals surface area contributed by atoms with Crippen molar-refractivity contribution in [2.24, 2.45) is 0 Å². The summed E-state index contributed by atoms with van der Waals surface area (Å²) in [6.07, 6.45) is 9.16. The van der Waals surface area contributed by atoms with Gasteiger partial charge >= 0.3 is 0 Å². The molecule has 20 heavy (non-hydrogen) atoms. The average Bonchev–Trinajstić information content (AvgIpc) is 2.86. The maximum Gasteiger partial charge on any atom is 0.249 e. The highest BCUT2D eigenvalue weighted by molar-refractivity contribution is 9.12. The van der Waals surface area contributed by atoms with Crippen LogP contribution < -0.4 is 0 Å². The molecule has 4 nitrogen and oxygen atoms in total. The van der Waals surface area contributed by atoms with E-state index in [2.05, 4.69) is 20.9 Å². The highest BCUT2D eigenvalue weighted by atomic mass is 79.9. The Morgan fingerprint density at radius 3 is 2.95 bits per heavy atom. The second kappa shape index (κ2) is 4.56. The summed E-state index contributed by atoms with van der Waals surface area (Å²) in [6, 6.07) is 5.22. The third kappa shape index (κ3) is 1.78. The summed E-state index contributed by atoms with van der Waals surface area (Å²) in [5, 5.41) is 0. The van der Waals surface area contributed by atoms with Crippen molar-refractivity contribution in [2.45, 2.75) is 18.1 Å². The van der Waals surface area contributed by atoms with Crippen LogP contribution in [-0.4, -0.2) is 22.1 Å². The largest absolute Gasteiger partial charge is 0.255 e. The van der Waals surface area contributed by atoms with E-state index in [0.29, 0.717) is 21.9 Å². The molecule has 3 rings (SSSR count). The van der Waals surface area contributed by atoms with Crippen molar-refractivity contribution in [3.8, 4) is 0 Å². The third-order valence-corrected chi connectivity index (χ3v) is 7.40. The van der Waals surface area contributed by atoms with Gasteiger partial charge in [0, 0.05) is 16.9 Å². The van der Waals surface area contributed by atoms with Gasteiger partial charge in [0.05, 0.1) is 11.0 Å². The highest BCUT2D eigenvalue weighted by Gasteiger charge is 2.43. The minimum atomic E-state index is -3.58. The summed E-state index contributed by atoms with van der Waals surface area (Å²) in [6.45, 7) is 1.73. The lowest BCUT2D eigenvalue weighted by Gasteiger charge is -2.30. The van der Waals surface area contributed by atoms with E-state index in [0.717, 1.165) is 0 Å². The van der Waals surface area contributed by atoms with Crippen LogP contribution in [0.4, 0.5) is 0 Å². The van der Waals surface area contributed by atoms with E-state index in [9.17, 15) is 8.42 Å². The Morgan fingerprint density at radius 2 is 2.20 bits per heavy atom. The summed E-state index contributed by atoms with van der Waals surface area (Å²) in [7, 11) is -3.58. The highest BCUT2D eigenvalue weighted by Crippen LogP contribution is 2.39. The standard InChI is InChI=1S/C14H13BrN2O2S/c1-14(8-3-2-6-13(14)15)20(18,19)17-10-7-11-12(17)5-4-9-16-11/h2-7,9-10H,8H2,1H3. The number of aromatic nitrogens is 2. The number of pyridine rings is 1. The number of hydrogen-bond acceptors (Lipinski definition) is 3. The number of hydrogen-bond donors (Lipinski definition) is 0. The van der Waals surface area contributed by atoms with Gasteiger partial charge in [0.15, 0.2) is 0 Å². The predicted octanol–water partition coefficient (Wildman–Crippen LogP) is 3.21. The molecule has 6 heteroatoms. The van der Waals surface area contributed by atoms with Crippen LogP contribution in [-0.2, 0) is 10.0 Å². The molecule has 0 aromatic carbocycles. The molecule has 2 heterocycles. The van der Waals surface area contributed by atoms with Crippen LogP contribution in [0.25, 0.3) is 11.0 Å². The number of fused-ring (bicyclic) bond motifs is 1. The second-order valence-corrected chi connectivity index (χ2v) is 8.00. The van der Waals surface area contributed by atoms with Gasteiger partial charge in [-0.15, -0.1) is 0 Å². The van der Waals surface area contributed by atoms with Gasteiger partial charge in [0.2, 0.25) is 10.0 Å². The quantitative estimate of drug-likeness (QED) is 0.833. The Balaban J connectivity index is 2.23. The van der Waals surface area contributed by atoms with Crippen LogP contribution in [0.2, 0.25) is 0 Å². The van der Waals surface area contributed by atoms with E-state index < -0.39 is 14.8 Å². The molecular formula is C14H13BrN2O2S. The zero-order chi connectivity index (χ0) is 14.4. The van der Waals surface area contributed by atoms with Crippen LogP contribution in [0.5, 0.6) is 0 Å².